The lowest BCUT2D eigenvalue weighted by atomic mass is 9.87. The molecule has 2 heterocycles. The molecule has 4 nitrogen and oxygen atoms in total. The van der Waals surface area contributed by atoms with E-state index in [1.54, 1.807) is 7.05 Å². The topological polar surface area (TPSA) is 45.2 Å². The molecule has 0 aromatic carbocycles. The molecule has 1 saturated heterocycles. The number of carbonyl (C=O) groups excluding carboxylic acids is 1. The molecule has 0 saturated carbocycles. The summed E-state index contributed by atoms with van der Waals surface area (Å²) in [6.07, 6.45) is 9.16. The largest absolute Gasteiger partial charge is 0.368 e. The number of rotatable bonds is 5. The van der Waals surface area contributed by atoms with Gasteiger partial charge in [-0.1, -0.05) is 19.8 Å². The zero-order valence-corrected chi connectivity index (χ0v) is 12.5. The molecule has 0 bridgehead atoms. The Labute approximate surface area is 121 Å². The van der Waals surface area contributed by atoms with E-state index in [2.05, 4.69) is 34.3 Å². The maximum absolute atomic E-state index is 11.9. The quantitative estimate of drug-likeness (QED) is 0.898. The Morgan fingerprint density at radius 3 is 2.85 bits per heavy atom. The number of aromatic nitrogens is 1. The number of amides is 1. The minimum Gasteiger partial charge on any atom is -0.368 e. The molecular weight excluding hydrogens is 250 g/mol. The molecule has 20 heavy (non-hydrogen) atoms. The molecule has 1 aliphatic rings. The molecule has 110 valence electrons. The smallest absolute Gasteiger partial charge is 0.222 e. The Kier molecular flexibility index (Phi) is 5.39. The molecule has 1 N–H and O–H groups in total. The first-order valence-electron chi connectivity index (χ1n) is 7.64. The van der Waals surface area contributed by atoms with Gasteiger partial charge in [-0.3, -0.25) is 9.78 Å². The van der Waals surface area contributed by atoms with Crippen molar-refractivity contribution in [2.45, 2.75) is 45.1 Å². The van der Waals surface area contributed by atoms with Crippen LogP contribution in [0.2, 0.25) is 0 Å². The van der Waals surface area contributed by atoms with Gasteiger partial charge in [0.25, 0.3) is 0 Å². The van der Waals surface area contributed by atoms with Crippen LogP contribution < -0.4 is 10.2 Å². The molecule has 1 aromatic rings. The Balaban J connectivity index is 2.09. The summed E-state index contributed by atoms with van der Waals surface area (Å²) in [4.78, 5) is 18.4. The second-order valence-corrected chi connectivity index (χ2v) is 5.53. The van der Waals surface area contributed by atoms with Gasteiger partial charge in [-0.2, -0.15) is 0 Å². The predicted molar refractivity (Wildman–Crippen MR) is 81.7 cm³/mol. The molecule has 1 amide bonds. The minimum absolute atomic E-state index is 0.167. The maximum atomic E-state index is 11.9. The molecule has 0 spiro atoms. The summed E-state index contributed by atoms with van der Waals surface area (Å²) in [6.45, 7) is 3.17. The lowest BCUT2D eigenvalue weighted by Gasteiger charge is -2.40. The number of hydrogen-bond acceptors (Lipinski definition) is 3. The Hall–Kier alpha value is -1.58. The van der Waals surface area contributed by atoms with Gasteiger partial charge in [0.05, 0.1) is 0 Å². The van der Waals surface area contributed by atoms with Gasteiger partial charge in [0, 0.05) is 43.6 Å². The van der Waals surface area contributed by atoms with Crippen LogP contribution in [0.15, 0.2) is 24.5 Å². The highest BCUT2D eigenvalue weighted by Crippen LogP contribution is 2.30. The fourth-order valence-corrected chi connectivity index (χ4v) is 3.08. The zero-order chi connectivity index (χ0) is 14.4. The minimum atomic E-state index is 0.167. The second-order valence-electron chi connectivity index (χ2n) is 5.53. The summed E-state index contributed by atoms with van der Waals surface area (Å²) in [5.41, 5.74) is 1.23. The van der Waals surface area contributed by atoms with Crippen molar-refractivity contribution in [2.24, 2.45) is 5.92 Å². The molecular formula is C16H25N3O. The van der Waals surface area contributed by atoms with Crippen molar-refractivity contribution < 1.29 is 4.79 Å². The Morgan fingerprint density at radius 2 is 2.20 bits per heavy atom. The first-order valence-corrected chi connectivity index (χ1v) is 7.64. The lowest BCUT2D eigenvalue weighted by Crippen LogP contribution is -2.46. The van der Waals surface area contributed by atoms with E-state index in [4.69, 9.17) is 0 Å². The standard InChI is InChI=1S/C16H25N3O/c1-3-4-5-15-12-13(16(20)17-2)8-11-19(15)14-6-9-18-10-7-14/h6-7,9-10,13,15H,3-5,8,11-12H2,1-2H3,(H,17,20). The maximum Gasteiger partial charge on any atom is 0.222 e. The first kappa shape index (κ1) is 14.8. The Morgan fingerprint density at radius 1 is 1.45 bits per heavy atom. The number of carbonyl (C=O) groups is 1. The van der Waals surface area contributed by atoms with Crippen LogP contribution in [0.25, 0.3) is 0 Å². The highest BCUT2D eigenvalue weighted by atomic mass is 16.1. The fourth-order valence-electron chi connectivity index (χ4n) is 3.08. The van der Waals surface area contributed by atoms with Crippen molar-refractivity contribution in [1.82, 2.24) is 10.3 Å². The van der Waals surface area contributed by atoms with E-state index < -0.39 is 0 Å². The van der Waals surface area contributed by atoms with Gasteiger partial charge < -0.3 is 10.2 Å². The SMILES string of the molecule is CCCCC1CC(C(=O)NC)CCN1c1ccncc1. The highest BCUT2D eigenvalue weighted by Gasteiger charge is 2.31. The highest BCUT2D eigenvalue weighted by molar-refractivity contribution is 5.78. The van der Waals surface area contributed by atoms with Gasteiger partial charge in [0.15, 0.2) is 0 Å². The third-order valence-electron chi connectivity index (χ3n) is 4.22. The van der Waals surface area contributed by atoms with Crippen LogP contribution in [0, 0.1) is 5.92 Å². The van der Waals surface area contributed by atoms with Crippen LogP contribution in [0.1, 0.15) is 39.0 Å². The van der Waals surface area contributed by atoms with Gasteiger partial charge in [-0.15, -0.1) is 0 Å². The molecule has 2 unspecified atom stereocenters. The van der Waals surface area contributed by atoms with Crippen LogP contribution in [0.5, 0.6) is 0 Å². The second kappa shape index (κ2) is 7.27. The first-order chi connectivity index (χ1) is 9.76. The number of pyridine rings is 1. The third kappa shape index (κ3) is 3.50. The third-order valence-corrected chi connectivity index (χ3v) is 4.22. The van der Waals surface area contributed by atoms with Crippen molar-refractivity contribution in [3.05, 3.63) is 24.5 Å². The van der Waals surface area contributed by atoms with Crippen LogP contribution in [0.3, 0.4) is 0 Å². The average Bonchev–Trinajstić information content (AvgIpc) is 2.52. The summed E-state index contributed by atoms with van der Waals surface area (Å²) < 4.78 is 0. The van der Waals surface area contributed by atoms with E-state index in [0.717, 1.165) is 25.8 Å². The van der Waals surface area contributed by atoms with Gasteiger partial charge >= 0.3 is 0 Å². The van der Waals surface area contributed by atoms with Crippen LogP contribution in [-0.2, 0) is 4.79 Å². The van der Waals surface area contributed by atoms with Crippen molar-refractivity contribution in [3.63, 3.8) is 0 Å². The fraction of sp³-hybridized carbons (Fsp3) is 0.625. The number of piperidine rings is 1. The summed E-state index contributed by atoms with van der Waals surface area (Å²) in [7, 11) is 1.73. The van der Waals surface area contributed by atoms with E-state index in [0.29, 0.717) is 6.04 Å². The molecule has 4 heteroatoms. The molecule has 1 aliphatic heterocycles. The molecule has 1 aromatic heterocycles. The lowest BCUT2D eigenvalue weighted by molar-refractivity contribution is -0.125. The number of hydrogen-bond donors (Lipinski definition) is 1. The van der Waals surface area contributed by atoms with E-state index in [9.17, 15) is 4.79 Å². The van der Waals surface area contributed by atoms with E-state index in [-0.39, 0.29) is 11.8 Å². The van der Waals surface area contributed by atoms with Gasteiger partial charge in [-0.25, -0.2) is 0 Å². The van der Waals surface area contributed by atoms with Crippen LogP contribution >= 0.6 is 0 Å². The normalized spacial score (nSPS) is 22.6. The summed E-state index contributed by atoms with van der Waals surface area (Å²) in [5.74, 6) is 0.362. The number of nitrogens with zero attached hydrogens (tertiary/aromatic N) is 2. The number of anilines is 1. The van der Waals surface area contributed by atoms with Crippen molar-refractivity contribution in [2.75, 3.05) is 18.5 Å². The molecule has 1 fully saturated rings. The van der Waals surface area contributed by atoms with Crippen molar-refractivity contribution >= 4 is 11.6 Å². The monoisotopic (exact) mass is 275 g/mol. The number of unbranched alkanes of at least 4 members (excludes halogenated alkanes) is 1. The van der Waals surface area contributed by atoms with E-state index in [1.165, 1.54) is 18.5 Å². The van der Waals surface area contributed by atoms with E-state index >= 15 is 0 Å². The van der Waals surface area contributed by atoms with E-state index in [1.807, 2.05) is 12.4 Å². The predicted octanol–water partition coefficient (Wildman–Crippen LogP) is 2.60. The van der Waals surface area contributed by atoms with Crippen LogP contribution in [-0.4, -0.2) is 30.5 Å². The van der Waals surface area contributed by atoms with Gasteiger partial charge in [-0.05, 0) is 31.4 Å². The average molecular weight is 275 g/mol. The molecule has 0 radical (unpaired) electrons. The summed E-state index contributed by atoms with van der Waals surface area (Å²) in [6, 6.07) is 4.60. The van der Waals surface area contributed by atoms with Crippen LogP contribution in [0.4, 0.5) is 5.69 Å². The molecule has 2 atom stereocenters. The van der Waals surface area contributed by atoms with Crippen molar-refractivity contribution in [1.29, 1.82) is 0 Å². The zero-order valence-electron chi connectivity index (χ0n) is 12.5. The molecule has 0 aliphatic carbocycles. The summed E-state index contributed by atoms with van der Waals surface area (Å²) in [5, 5.41) is 2.80. The Bertz CT molecular complexity index is 421. The van der Waals surface area contributed by atoms with Gasteiger partial charge in [0.1, 0.15) is 0 Å². The van der Waals surface area contributed by atoms with Crippen molar-refractivity contribution in [3.8, 4) is 0 Å². The van der Waals surface area contributed by atoms with Gasteiger partial charge in [0.2, 0.25) is 5.91 Å². The summed E-state index contributed by atoms with van der Waals surface area (Å²) >= 11 is 0. The number of nitrogens with one attached hydrogen (secondary N) is 1. The molecule has 2 rings (SSSR count).